The monoisotopic (exact) mass is 495 g/mol. The van der Waals surface area contributed by atoms with Gasteiger partial charge in [-0.05, 0) is 54.0 Å². The van der Waals surface area contributed by atoms with Gasteiger partial charge in [-0.15, -0.1) is 0 Å². The van der Waals surface area contributed by atoms with Crippen LogP contribution in [-0.2, 0) is 24.7 Å². The molecule has 3 amide bonds. The van der Waals surface area contributed by atoms with Crippen LogP contribution in [0.15, 0.2) is 42.5 Å². The van der Waals surface area contributed by atoms with Gasteiger partial charge in [0.05, 0.1) is 6.42 Å². The van der Waals surface area contributed by atoms with E-state index in [1.807, 2.05) is 50.2 Å². The first kappa shape index (κ1) is 27.2. The minimum atomic E-state index is -1.55. The van der Waals surface area contributed by atoms with E-state index in [4.69, 9.17) is 5.73 Å². The average molecular weight is 496 g/mol. The molecule has 0 aliphatic heterocycles. The van der Waals surface area contributed by atoms with Gasteiger partial charge in [-0.25, -0.2) is 0 Å². The molecule has 3 atom stereocenters. The standard InChI is InChI=1S/C28H37N3O5/c1-17(2)13-23(25(29)34)30-27(36)28(3,22-12-11-19-9-4-5-10-20(19)15-22)31-26(35)21(16-24(32)33)14-18-7-6-8-18/h4-5,9-12,15,17-18,21,23H,6-8,13-14,16H2,1-3H3,(H2,29,34)(H,30,36)(H,31,35)(H,32,33)/t21-,23+,28+/m1/s1. The second-order valence-electron chi connectivity index (χ2n) is 10.6. The van der Waals surface area contributed by atoms with E-state index in [0.717, 1.165) is 30.0 Å². The second-order valence-corrected chi connectivity index (χ2v) is 10.6. The molecule has 0 unspecified atom stereocenters. The van der Waals surface area contributed by atoms with E-state index in [9.17, 15) is 24.3 Å². The molecule has 0 spiro atoms. The fourth-order valence-corrected chi connectivity index (χ4v) is 4.75. The van der Waals surface area contributed by atoms with Crippen molar-refractivity contribution in [2.45, 2.75) is 70.9 Å². The zero-order valence-corrected chi connectivity index (χ0v) is 21.3. The summed E-state index contributed by atoms with van der Waals surface area (Å²) in [5.74, 6) is -3.13. The summed E-state index contributed by atoms with van der Waals surface area (Å²) in [6, 6.07) is 12.2. The molecule has 1 aliphatic carbocycles. The van der Waals surface area contributed by atoms with Gasteiger partial charge in [0, 0.05) is 5.92 Å². The fourth-order valence-electron chi connectivity index (χ4n) is 4.75. The van der Waals surface area contributed by atoms with E-state index in [0.29, 0.717) is 24.3 Å². The van der Waals surface area contributed by atoms with Gasteiger partial charge in [-0.1, -0.05) is 69.5 Å². The zero-order chi connectivity index (χ0) is 26.5. The normalized spacial score (nSPS) is 17.0. The Labute approximate surface area is 212 Å². The number of carboxylic acids is 1. The summed E-state index contributed by atoms with van der Waals surface area (Å²) < 4.78 is 0. The lowest BCUT2D eigenvalue weighted by atomic mass is 9.77. The largest absolute Gasteiger partial charge is 0.481 e. The number of amides is 3. The number of primary amides is 1. The number of hydrogen-bond acceptors (Lipinski definition) is 4. The van der Waals surface area contributed by atoms with Crippen LogP contribution >= 0.6 is 0 Å². The highest BCUT2D eigenvalue weighted by Crippen LogP contribution is 2.34. The fraction of sp³-hybridized carbons (Fsp3) is 0.500. The number of benzene rings is 2. The van der Waals surface area contributed by atoms with Crippen LogP contribution in [0.4, 0.5) is 0 Å². The highest BCUT2D eigenvalue weighted by Gasteiger charge is 2.41. The van der Waals surface area contributed by atoms with Crippen molar-refractivity contribution in [1.29, 1.82) is 0 Å². The third kappa shape index (κ3) is 6.62. The maximum Gasteiger partial charge on any atom is 0.304 e. The molecule has 0 saturated heterocycles. The van der Waals surface area contributed by atoms with Gasteiger partial charge in [0.2, 0.25) is 11.8 Å². The molecule has 2 aromatic carbocycles. The van der Waals surface area contributed by atoms with Crippen LogP contribution in [0.5, 0.6) is 0 Å². The lowest BCUT2D eigenvalue weighted by Gasteiger charge is -2.35. The molecule has 194 valence electrons. The smallest absolute Gasteiger partial charge is 0.304 e. The minimum absolute atomic E-state index is 0.103. The number of carbonyl (C=O) groups excluding carboxylic acids is 3. The lowest BCUT2D eigenvalue weighted by molar-refractivity contribution is -0.143. The molecule has 0 heterocycles. The SMILES string of the molecule is CC(C)C[C@H](NC(=O)[C@@](C)(NC(=O)[C@@H](CC(=O)O)CC1CCC1)c1ccc2ccccc2c1)C(N)=O. The van der Waals surface area contributed by atoms with Crippen LogP contribution < -0.4 is 16.4 Å². The predicted octanol–water partition coefficient (Wildman–Crippen LogP) is 3.47. The number of nitrogens with one attached hydrogen (secondary N) is 2. The molecule has 3 rings (SSSR count). The molecule has 0 bridgehead atoms. The number of hydrogen-bond donors (Lipinski definition) is 4. The first-order valence-corrected chi connectivity index (χ1v) is 12.6. The number of aliphatic carboxylic acids is 1. The van der Waals surface area contributed by atoms with Gasteiger partial charge in [-0.3, -0.25) is 19.2 Å². The van der Waals surface area contributed by atoms with E-state index in [1.54, 1.807) is 13.0 Å². The highest BCUT2D eigenvalue weighted by molar-refractivity contribution is 5.97. The van der Waals surface area contributed by atoms with E-state index < -0.39 is 41.2 Å². The van der Waals surface area contributed by atoms with Crippen LogP contribution in [0.25, 0.3) is 10.8 Å². The minimum Gasteiger partial charge on any atom is -0.481 e. The van der Waals surface area contributed by atoms with Crippen molar-refractivity contribution in [3.8, 4) is 0 Å². The molecule has 1 aliphatic rings. The molecule has 8 heteroatoms. The summed E-state index contributed by atoms with van der Waals surface area (Å²) in [5.41, 5.74) is 4.54. The van der Waals surface area contributed by atoms with Crippen LogP contribution in [0.1, 0.15) is 64.9 Å². The first-order valence-electron chi connectivity index (χ1n) is 12.6. The molecular formula is C28H37N3O5. The molecule has 2 aromatic rings. The summed E-state index contributed by atoms with van der Waals surface area (Å²) >= 11 is 0. The van der Waals surface area contributed by atoms with Gasteiger partial charge >= 0.3 is 5.97 Å². The molecule has 1 saturated carbocycles. The van der Waals surface area contributed by atoms with Crippen LogP contribution in [0.3, 0.4) is 0 Å². The Morgan fingerprint density at radius 2 is 1.75 bits per heavy atom. The van der Waals surface area contributed by atoms with Gasteiger partial charge < -0.3 is 21.5 Å². The Hall–Kier alpha value is -3.42. The molecule has 0 radical (unpaired) electrons. The van der Waals surface area contributed by atoms with Gasteiger partial charge in [0.15, 0.2) is 0 Å². The van der Waals surface area contributed by atoms with Crippen molar-refractivity contribution < 1.29 is 24.3 Å². The quantitative estimate of drug-likeness (QED) is 0.357. The molecule has 8 nitrogen and oxygen atoms in total. The van der Waals surface area contributed by atoms with Crippen molar-refractivity contribution in [2.75, 3.05) is 0 Å². The summed E-state index contributed by atoms with van der Waals surface area (Å²) in [4.78, 5) is 50.8. The van der Waals surface area contributed by atoms with Crippen molar-refractivity contribution in [1.82, 2.24) is 10.6 Å². The second kappa shape index (κ2) is 11.5. The topological polar surface area (TPSA) is 139 Å². The number of fused-ring (bicyclic) bond motifs is 1. The molecule has 36 heavy (non-hydrogen) atoms. The summed E-state index contributed by atoms with van der Waals surface area (Å²) in [5, 5.41) is 16.9. The Kier molecular flexibility index (Phi) is 8.71. The summed E-state index contributed by atoms with van der Waals surface area (Å²) in [7, 11) is 0. The molecular weight excluding hydrogens is 458 g/mol. The third-order valence-corrected chi connectivity index (χ3v) is 7.14. The van der Waals surface area contributed by atoms with Gasteiger partial charge in [0.25, 0.3) is 5.91 Å². The Morgan fingerprint density at radius 1 is 1.08 bits per heavy atom. The van der Waals surface area contributed by atoms with Crippen LogP contribution in [0, 0.1) is 17.8 Å². The van der Waals surface area contributed by atoms with Crippen molar-refractivity contribution in [3.05, 3.63) is 48.0 Å². The first-order chi connectivity index (χ1) is 17.0. The maximum atomic E-state index is 13.7. The zero-order valence-electron chi connectivity index (χ0n) is 21.3. The van der Waals surface area contributed by atoms with Crippen molar-refractivity contribution in [2.24, 2.45) is 23.5 Å². The van der Waals surface area contributed by atoms with E-state index in [-0.39, 0.29) is 12.3 Å². The number of carboxylic acid groups (broad SMARTS) is 1. The van der Waals surface area contributed by atoms with Crippen LogP contribution in [-0.4, -0.2) is 34.8 Å². The van der Waals surface area contributed by atoms with Crippen molar-refractivity contribution in [3.63, 3.8) is 0 Å². The molecule has 1 fully saturated rings. The third-order valence-electron chi connectivity index (χ3n) is 7.14. The van der Waals surface area contributed by atoms with Gasteiger partial charge in [0.1, 0.15) is 11.6 Å². The number of nitrogens with two attached hydrogens (primary N) is 1. The number of rotatable bonds is 12. The van der Waals surface area contributed by atoms with E-state index in [1.165, 1.54) is 0 Å². The summed E-state index contributed by atoms with van der Waals surface area (Å²) in [6.07, 6.45) is 3.53. The van der Waals surface area contributed by atoms with Gasteiger partial charge in [-0.2, -0.15) is 0 Å². The maximum absolute atomic E-state index is 13.7. The molecule has 0 aromatic heterocycles. The molecule has 5 N–H and O–H groups in total. The predicted molar refractivity (Wildman–Crippen MR) is 138 cm³/mol. The van der Waals surface area contributed by atoms with Crippen LogP contribution in [0.2, 0.25) is 0 Å². The van der Waals surface area contributed by atoms with Crippen molar-refractivity contribution >= 4 is 34.5 Å². The van der Waals surface area contributed by atoms with E-state index in [2.05, 4.69) is 10.6 Å². The summed E-state index contributed by atoms with van der Waals surface area (Å²) in [6.45, 7) is 5.42. The highest BCUT2D eigenvalue weighted by atomic mass is 16.4. The number of carbonyl (C=O) groups is 4. The Balaban J connectivity index is 1.97. The Bertz CT molecular complexity index is 1130. The lowest BCUT2D eigenvalue weighted by Crippen LogP contribution is -2.59. The Morgan fingerprint density at radius 3 is 2.31 bits per heavy atom. The van der Waals surface area contributed by atoms with E-state index >= 15 is 0 Å². The average Bonchev–Trinajstić information content (AvgIpc) is 2.78.